The van der Waals surface area contributed by atoms with Gasteiger partial charge in [0, 0.05) is 8.95 Å². The van der Waals surface area contributed by atoms with Crippen LogP contribution in [-0.4, -0.2) is 17.1 Å². The second kappa shape index (κ2) is 6.40. The Kier molecular flexibility index (Phi) is 4.52. The van der Waals surface area contributed by atoms with Gasteiger partial charge < -0.3 is 15.5 Å². The van der Waals surface area contributed by atoms with Gasteiger partial charge in [-0.2, -0.15) is 0 Å². The molecule has 114 valence electrons. The fraction of sp³-hybridized carbons (Fsp3) is 0.188. The molecule has 0 saturated carbocycles. The summed E-state index contributed by atoms with van der Waals surface area (Å²) in [6.45, 7) is 0. The molecule has 1 aromatic heterocycles. The second-order valence-corrected chi connectivity index (χ2v) is 6.77. The third-order valence-corrected chi connectivity index (χ3v) is 5.35. The number of imidazole rings is 1. The fourth-order valence-corrected chi connectivity index (χ4v) is 2.99. The van der Waals surface area contributed by atoms with E-state index in [4.69, 9.17) is 10.5 Å². The molecule has 0 aliphatic heterocycles. The molecule has 0 aliphatic carbocycles. The van der Waals surface area contributed by atoms with E-state index < -0.39 is 0 Å². The van der Waals surface area contributed by atoms with Crippen LogP contribution in [0.4, 0.5) is 0 Å². The van der Waals surface area contributed by atoms with Crippen molar-refractivity contribution in [1.29, 1.82) is 0 Å². The summed E-state index contributed by atoms with van der Waals surface area (Å²) in [5.74, 6) is 1.63. The number of halogens is 2. The van der Waals surface area contributed by atoms with Gasteiger partial charge in [0.15, 0.2) is 0 Å². The number of aromatic nitrogens is 2. The number of benzene rings is 2. The lowest BCUT2D eigenvalue weighted by Gasteiger charge is -2.09. The Hall–Kier alpha value is -1.37. The van der Waals surface area contributed by atoms with E-state index in [2.05, 4.69) is 41.8 Å². The first-order chi connectivity index (χ1) is 10.6. The molecule has 1 heterocycles. The summed E-state index contributed by atoms with van der Waals surface area (Å²) in [4.78, 5) is 7.88. The number of ether oxygens (including phenoxy) is 1. The van der Waals surface area contributed by atoms with E-state index in [1.807, 2.05) is 36.4 Å². The lowest BCUT2D eigenvalue weighted by molar-refractivity contribution is 0.414. The number of methoxy groups -OCH3 is 1. The summed E-state index contributed by atoms with van der Waals surface area (Å²) in [5.41, 5.74) is 9.30. The number of hydrogen-bond donors (Lipinski definition) is 2. The maximum atomic E-state index is 6.29. The van der Waals surface area contributed by atoms with Crippen LogP contribution in [0, 0.1) is 0 Å². The van der Waals surface area contributed by atoms with Crippen LogP contribution < -0.4 is 10.5 Å². The molecule has 1 atom stereocenters. The molecule has 0 saturated heterocycles. The van der Waals surface area contributed by atoms with Gasteiger partial charge in [0.25, 0.3) is 0 Å². The number of fused-ring (bicyclic) bond motifs is 1. The summed E-state index contributed by atoms with van der Waals surface area (Å²) in [7, 11) is 1.66. The molecule has 0 fully saturated rings. The van der Waals surface area contributed by atoms with Crippen molar-refractivity contribution >= 4 is 42.9 Å². The summed E-state index contributed by atoms with van der Waals surface area (Å²) < 4.78 is 7.12. The molecule has 0 spiro atoms. The SMILES string of the molecule is COc1ccc(CC(N)c2nc3cc(Br)c(Br)cc3[nH]2)cc1. The Labute approximate surface area is 145 Å². The van der Waals surface area contributed by atoms with Gasteiger partial charge in [-0.05, 0) is 68.1 Å². The van der Waals surface area contributed by atoms with E-state index in [1.165, 1.54) is 0 Å². The third kappa shape index (κ3) is 3.19. The van der Waals surface area contributed by atoms with Crippen molar-refractivity contribution in [3.8, 4) is 5.75 Å². The summed E-state index contributed by atoms with van der Waals surface area (Å²) in [5, 5.41) is 0. The van der Waals surface area contributed by atoms with Crippen LogP contribution in [0.15, 0.2) is 45.3 Å². The number of aromatic amines is 1. The van der Waals surface area contributed by atoms with Crippen LogP contribution in [0.1, 0.15) is 17.4 Å². The number of nitrogens with one attached hydrogen (secondary N) is 1. The summed E-state index contributed by atoms with van der Waals surface area (Å²) in [6, 6.07) is 11.7. The van der Waals surface area contributed by atoms with Gasteiger partial charge in [0.05, 0.1) is 24.2 Å². The van der Waals surface area contributed by atoms with Gasteiger partial charge in [-0.1, -0.05) is 12.1 Å². The van der Waals surface area contributed by atoms with Crippen LogP contribution in [0.3, 0.4) is 0 Å². The number of nitrogens with two attached hydrogens (primary N) is 1. The zero-order chi connectivity index (χ0) is 15.7. The van der Waals surface area contributed by atoms with Crippen molar-refractivity contribution < 1.29 is 4.74 Å². The topological polar surface area (TPSA) is 63.9 Å². The van der Waals surface area contributed by atoms with E-state index in [0.717, 1.165) is 37.1 Å². The molecule has 3 rings (SSSR count). The average molecular weight is 425 g/mol. The number of nitrogens with zero attached hydrogens (tertiary/aromatic N) is 1. The van der Waals surface area contributed by atoms with Gasteiger partial charge in [-0.25, -0.2) is 4.98 Å². The van der Waals surface area contributed by atoms with Crippen LogP contribution in [0.2, 0.25) is 0 Å². The molecule has 0 aliphatic rings. The first-order valence-corrected chi connectivity index (χ1v) is 8.38. The van der Waals surface area contributed by atoms with E-state index in [1.54, 1.807) is 7.11 Å². The molecule has 0 radical (unpaired) electrons. The Morgan fingerprint density at radius 3 is 2.55 bits per heavy atom. The molecule has 0 amide bonds. The predicted molar refractivity (Wildman–Crippen MR) is 95.1 cm³/mol. The van der Waals surface area contributed by atoms with Gasteiger partial charge in [-0.15, -0.1) is 0 Å². The second-order valence-electron chi connectivity index (χ2n) is 5.06. The highest BCUT2D eigenvalue weighted by Crippen LogP contribution is 2.28. The van der Waals surface area contributed by atoms with Crippen LogP contribution >= 0.6 is 31.9 Å². The first-order valence-electron chi connectivity index (χ1n) is 6.80. The smallest absolute Gasteiger partial charge is 0.124 e. The number of hydrogen-bond acceptors (Lipinski definition) is 3. The lowest BCUT2D eigenvalue weighted by atomic mass is 10.1. The van der Waals surface area contributed by atoms with Crippen molar-refractivity contribution in [2.75, 3.05) is 7.11 Å². The zero-order valence-electron chi connectivity index (χ0n) is 11.9. The zero-order valence-corrected chi connectivity index (χ0v) is 15.1. The highest BCUT2D eigenvalue weighted by Gasteiger charge is 2.13. The summed E-state index contributed by atoms with van der Waals surface area (Å²) in [6.07, 6.45) is 0.714. The minimum atomic E-state index is -0.182. The fourth-order valence-electron chi connectivity index (χ4n) is 2.31. The Morgan fingerprint density at radius 1 is 1.18 bits per heavy atom. The highest BCUT2D eigenvalue weighted by molar-refractivity contribution is 9.13. The van der Waals surface area contributed by atoms with E-state index >= 15 is 0 Å². The highest BCUT2D eigenvalue weighted by atomic mass is 79.9. The molecule has 1 unspecified atom stereocenters. The van der Waals surface area contributed by atoms with E-state index in [9.17, 15) is 0 Å². The largest absolute Gasteiger partial charge is 0.497 e. The van der Waals surface area contributed by atoms with Crippen LogP contribution in [0.25, 0.3) is 11.0 Å². The van der Waals surface area contributed by atoms with Crippen molar-refractivity contribution in [3.63, 3.8) is 0 Å². The van der Waals surface area contributed by atoms with Crippen molar-refractivity contribution in [1.82, 2.24) is 9.97 Å². The van der Waals surface area contributed by atoms with Crippen LogP contribution in [0.5, 0.6) is 5.75 Å². The van der Waals surface area contributed by atoms with Gasteiger partial charge in [-0.3, -0.25) is 0 Å². The van der Waals surface area contributed by atoms with Gasteiger partial charge in [0.2, 0.25) is 0 Å². The maximum absolute atomic E-state index is 6.29. The summed E-state index contributed by atoms with van der Waals surface area (Å²) >= 11 is 6.98. The van der Waals surface area contributed by atoms with E-state index in [-0.39, 0.29) is 6.04 Å². The molecule has 3 N–H and O–H groups in total. The molecule has 3 aromatic rings. The van der Waals surface area contributed by atoms with Gasteiger partial charge >= 0.3 is 0 Å². The average Bonchev–Trinajstić information content (AvgIpc) is 2.91. The molecule has 22 heavy (non-hydrogen) atoms. The Bertz CT molecular complexity index is 760. The van der Waals surface area contributed by atoms with E-state index in [0.29, 0.717) is 6.42 Å². The molecule has 4 nitrogen and oxygen atoms in total. The molecule has 6 heteroatoms. The number of H-pyrrole nitrogens is 1. The quantitative estimate of drug-likeness (QED) is 0.654. The molecular weight excluding hydrogens is 410 g/mol. The maximum Gasteiger partial charge on any atom is 0.124 e. The van der Waals surface area contributed by atoms with Crippen molar-refractivity contribution in [2.24, 2.45) is 5.73 Å². The normalized spacial score (nSPS) is 12.5. The Balaban J connectivity index is 1.83. The van der Waals surface area contributed by atoms with Gasteiger partial charge in [0.1, 0.15) is 11.6 Å². The molecule has 0 bridgehead atoms. The minimum absolute atomic E-state index is 0.182. The van der Waals surface area contributed by atoms with Crippen LogP contribution in [-0.2, 0) is 6.42 Å². The number of rotatable bonds is 4. The predicted octanol–water partition coefficient (Wildman–Crippen LogP) is 4.34. The monoisotopic (exact) mass is 423 g/mol. The molecule has 2 aromatic carbocycles. The lowest BCUT2D eigenvalue weighted by Crippen LogP contribution is -2.14. The Morgan fingerprint density at radius 2 is 1.86 bits per heavy atom. The molecular formula is C16H15Br2N3O. The standard InChI is InChI=1S/C16H15Br2N3O/c1-22-10-4-2-9(3-5-10)6-13(19)16-20-14-7-11(17)12(18)8-15(14)21-16/h2-5,7-8,13H,6,19H2,1H3,(H,20,21). The first kappa shape index (κ1) is 15.5. The third-order valence-electron chi connectivity index (χ3n) is 3.51. The minimum Gasteiger partial charge on any atom is -0.497 e. The van der Waals surface area contributed by atoms with Crippen molar-refractivity contribution in [3.05, 3.63) is 56.7 Å². The van der Waals surface area contributed by atoms with Crippen molar-refractivity contribution in [2.45, 2.75) is 12.5 Å².